The van der Waals surface area contributed by atoms with Crippen LogP contribution < -0.4 is 0 Å². The minimum Gasteiger partial charge on any atom is -0.454 e. The Labute approximate surface area is 169 Å². The zero-order valence-electron chi connectivity index (χ0n) is 16.3. The van der Waals surface area contributed by atoms with Crippen molar-refractivity contribution in [3.8, 4) is 11.5 Å². The predicted molar refractivity (Wildman–Crippen MR) is 111 cm³/mol. The number of piperidine rings is 1. The van der Waals surface area contributed by atoms with Crippen molar-refractivity contribution in [2.24, 2.45) is 0 Å². The minimum atomic E-state index is 0.299. The van der Waals surface area contributed by atoms with E-state index in [9.17, 15) is 0 Å². The number of nitrogens with one attached hydrogen (secondary N) is 1. The summed E-state index contributed by atoms with van der Waals surface area (Å²) in [6.07, 6.45) is 6.08. The minimum absolute atomic E-state index is 0.299. The van der Waals surface area contributed by atoms with Crippen molar-refractivity contribution >= 4 is 11.0 Å². The molecule has 0 aliphatic carbocycles. The van der Waals surface area contributed by atoms with E-state index in [0.29, 0.717) is 12.7 Å². The number of pyridine rings is 1. The molecule has 0 bridgehead atoms. The fourth-order valence-corrected chi connectivity index (χ4v) is 3.91. The first kappa shape index (κ1) is 18.1. The number of hydrogen-bond acceptors (Lipinski definition) is 5. The molecule has 3 aromatic heterocycles. The maximum absolute atomic E-state index is 6.06. The largest absolute Gasteiger partial charge is 0.454 e. The molecule has 1 aromatic carbocycles. The number of para-hydroxylation sites is 1. The molecule has 148 valence electrons. The third-order valence-corrected chi connectivity index (χ3v) is 5.51. The smallest absolute Gasteiger partial charge is 0.153 e. The highest BCUT2D eigenvalue weighted by molar-refractivity contribution is 5.82. The Morgan fingerprint density at radius 2 is 1.97 bits per heavy atom. The van der Waals surface area contributed by atoms with Crippen LogP contribution in [0.25, 0.3) is 22.4 Å². The number of nitrogens with zero attached hydrogens (tertiary/aromatic N) is 3. The Kier molecular flexibility index (Phi) is 5.11. The summed E-state index contributed by atoms with van der Waals surface area (Å²) in [5, 5.41) is 8.49. The van der Waals surface area contributed by atoms with E-state index in [0.717, 1.165) is 66.2 Å². The molecule has 4 aromatic rings. The van der Waals surface area contributed by atoms with Crippen molar-refractivity contribution in [2.75, 3.05) is 13.1 Å². The standard InChI is InChI=1S/C23H24N4O2/c1-2-7-21-17(5-1)13-22(29-21)23-18(14-25-26-23)15-27-11-8-20(9-12-27)28-16-19-6-3-4-10-24-19/h1-7,10,13-14,20H,8-9,11-12,15-16H2,(H,25,26). The number of likely N-dealkylation sites (tertiary alicyclic amines) is 1. The maximum atomic E-state index is 6.06. The number of H-pyrrole nitrogens is 1. The lowest BCUT2D eigenvalue weighted by atomic mass is 10.1. The summed E-state index contributed by atoms with van der Waals surface area (Å²) >= 11 is 0. The Morgan fingerprint density at radius 1 is 1.10 bits per heavy atom. The molecule has 1 saturated heterocycles. The van der Waals surface area contributed by atoms with Crippen LogP contribution in [0.15, 0.2) is 65.3 Å². The van der Waals surface area contributed by atoms with Crippen LogP contribution in [0.2, 0.25) is 0 Å². The Morgan fingerprint density at radius 3 is 2.79 bits per heavy atom. The summed E-state index contributed by atoms with van der Waals surface area (Å²) in [4.78, 5) is 6.78. The lowest BCUT2D eigenvalue weighted by Crippen LogP contribution is -2.36. The molecular formula is C23H24N4O2. The molecule has 0 saturated carbocycles. The van der Waals surface area contributed by atoms with Crippen LogP contribution in [0.1, 0.15) is 24.1 Å². The van der Waals surface area contributed by atoms with Gasteiger partial charge in [-0.05, 0) is 37.1 Å². The van der Waals surface area contributed by atoms with Gasteiger partial charge in [0.1, 0.15) is 11.3 Å². The number of benzene rings is 1. The monoisotopic (exact) mass is 388 g/mol. The number of aromatic amines is 1. The topological polar surface area (TPSA) is 67.2 Å². The van der Waals surface area contributed by atoms with Gasteiger partial charge in [0.25, 0.3) is 0 Å². The van der Waals surface area contributed by atoms with E-state index in [1.54, 1.807) is 0 Å². The highest BCUT2D eigenvalue weighted by Gasteiger charge is 2.22. The molecule has 0 spiro atoms. The molecule has 4 heterocycles. The number of fused-ring (bicyclic) bond motifs is 1. The van der Waals surface area contributed by atoms with E-state index in [1.807, 2.05) is 48.8 Å². The van der Waals surface area contributed by atoms with Gasteiger partial charge in [-0.25, -0.2) is 0 Å². The molecule has 29 heavy (non-hydrogen) atoms. The van der Waals surface area contributed by atoms with Gasteiger partial charge in [-0.15, -0.1) is 0 Å². The molecule has 0 atom stereocenters. The van der Waals surface area contributed by atoms with Crippen molar-refractivity contribution in [1.82, 2.24) is 20.1 Å². The van der Waals surface area contributed by atoms with Crippen molar-refractivity contribution < 1.29 is 9.15 Å². The lowest BCUT2D eigenvalue weighted by molar-refractivity contribution is -0.00520. The van der Waals surface area contributed by atoms with Gasteiger partial charge in [-0.3, -0.25) is 15.0 Å². The van der Waals surface area contributed by atoms with Gasteiger partial charge in [-0.2, -0.15) is 5.10 Å². The second-order valence-electron chi connectivity index (χ2n) is 7.53. The molecule has 0 unspecified atom stereocenters. The number of hydrogen-bond donors (Lipinski definition) is 1. The molecular weight excluding hydrogens is 364 g/mol. The first-order chi connectivity index (χ1) is 14.3. The fourth-order valence-electron chi connectivity index (χ4n) is 3.91. The number of ether oxygens (including phenoxy) is 1. The quantitative estimate of drug-likeness (QED) is 0.530. The van der Waals surface area contributed by atoms with Gasteiger partial charge >= 0.3 is 0 Å². The number of aromatic nitrogens is 3. The fraction of sp³-hybridized carbons (Fsp3) is 0.304. The van der Waals surface area contributed by atoms with Crippen LogP contribution in [0.4, 0.5) is 0 Å². The van der Waals surface area contributed by atoms with Crippen molar-refractivity contribution in [3.05, 3.63) is 72.2 Å². The molecule has 1 N–H and O–H groups in total. The molecule has 1 fully saturated rings. The maximum Gasteiger partial charge on any atom is 0.153 e. The van der Waals surface area contributed by atoms with E-state index in [1.165, 1.54) is 0 Å². The van der Waals surface area contributed by atoms with E-state index >= 15 is 0 Å². The lowest BCUT2D eigenvalue weighted by Gasteiger charge is -2.31. The third kappa shape index (κ3) is 4.09. The summed E-state index contributed by atoms with van der Waals surface area (Å²) in [5.41, 5.74) is 4.02. The van der Waals surface area contributed by atoms with Crippen LogP contribution in [-0.2, 0) is 17.9 Å². The van der Waals surface area contributed by atoms with E-state index in [2.05, 4.69) is 32.2 Å². The number of rotatable bonds is 6. The molecule has 5 rings (SSSR count). The first-order valence-electron chi connectivity index (χ1n) is 10.1. The summed E-state index contributed by atoms with van der Waals surface area (Å²) < 4.78 is 12.1. The summed E-state index contributed by atoms with van der Waals surface area (Å²) in [6.45, 7) is 3.47. The van der Waals surface area contributed by atoms with Crippen LogP contribution in [-0.4, -0.2) is 39.3 Å². The molecule has 0 amide bonds. The van der Waals surface area contributed by atoms with Gasteiger partial charge in [0, 0.05) is 36.8 Å². The van der Waals surface area contributed by atoms with Crippen LogP contribution in [0, 0.1) is 0 Å². The van der Waals surface area contributed by atoms with Crippen molar-refractivity contribution in [2.45, 2.75) is 32.1 Å². The average molecular weight is 388 g/mol. The van der Waals surface area contributed by atoms with Gasteiger partial charge in [0.2, 0.25) is 0 Å². The van der Waals surface area contributed by atoms with Crippen molar-refractivity contribution in [1.29, 1.82) is 0 Å². The first-order valence-corrected chi connectivity index (χ1v) is 10.1. The number of furan rings is 1. The van der Waals surface area contributed by atoms with Gasteiger partial charge in [-0.1, -0.05) is 24.3 Å². The zero-order valence-corrected chi connectivity index (χ0v) is 16.3. The highest BCUT2D eigenvalue weighted by Crippen LogP contribution is 2.29. The molecule has 0 radical (unpaired) electrons. The van der Waals surface area contributed by atoms with Crippen LogP contribution >= 0.6 is 0 Å². The van der Waals surface area contributed by atoms with Gasteiger partial charge in [0.05, 0.1) is 24.6 Å². The van der Waals surface area contributed by atoms with Crippen LogP contribution in [0.5, 0.6) is 0 Å². The molecule has 6 nitrogen and oxygen atoms in total. The van der Waals surface area contributed by atoms with E-state index in [-0.39, 0.29) is 0 Å². The van der Waals surface area contributed by atoms with Crippen LogP contribution in [0.3, 0.4) is 0 Å². The summed E-state index contributed by atoms with van der Waals surface area (Å²) in [7, 11) is 0. The second-order valence-corrected chi connectivity index (χ2v) is 7.53. The Hall–Kier alpha value is -2.96. The molecule has 1 aliphatic heterocycles. The van der Waals surface area contributed by atoms with Gasteiger partial charge < -0.3 is 9.15 Å². The third-order valence-electron chi connectivity index (χ3n) is 5.51. The average Bonchev–Trinajstić information content (AvgIpc) is 3.40. The van der Waals surface area contributed by atoms with E-state index < -0.39 is 0 Å². The Bertz CT molecular complexity index is 1030. The van der Waals surface area contributed by atoms with Gasteiger partial charge in [0.15, 0.2) is 5.76 Å². The Balaban J connectivity index is 1.19. The second kappa shape index (κ2) is 8.19. The highest BCUT2D eigenvalue weighted by atomic mass is 16.5. The van der Waals surface area contributed by atoms with E-state index in [4.69, 9.17) is 9.15 Å². The van der Waals surface area contributed by atoms with Crippen molar-refractivity contribution in [3.63, 3.8) is 0 Å². The summed E-state index contributed by atoms with van der Waals surface area (Å²) in [5.74, 6) is 0.840. The predicted octanol–water partition coefficient (Wildman–Crippen LogP) is 4.40. The zero-order chi connectivity index (χ0) is 19.5. The SMILES string of the molecule is c1ccc(COC2CCN(Cc3cn[nH]c3-c3cc4ccccc4o3)CC2)nc1. The molecule has 6 heteroatoms. The summed E-state index contributed by atoms with van der Waals surface area (Å²) in [6, 6.07) is 16.1. The molecule has 1 aliphatic rings. The normalized spacial score (nSPS) is 15.9.